The topological polar surface area (TPSA) is 79.6 Å². The lowest BCUT2D eigenvalue weighted by molar-refractivity contribution is -0.384. The summed E-state index contributed by atoms with van der Waals surface area (Å²) >= 11 is 7.70. The van der Waals surface area contributed by atoms with Gasteiger partial charge in [-0.3, -0.25) is 19.8 Å². The summed E-state index contributed by atoms with van der Waals surface area (Å²) in [6.07, 6.45) is 0. The molecule has 3 rings (SSSR count). The number of hydrogen-bond donors (Lipinski definition) is 0. The Labute approximate surface area is 190 Å². The SMILES string of the molecule is CCN(CC)CCN(C(=O)c1cc([N+](=O)[O-])ccc1Cl)c1nc2c(C)c(C)ccc2s1. The molecule has 164 valence electrons. The van der Waals surface area contributed by atoms with E-state index in [-0.39, 0.29) is 16.3 Å². The van der Waals surface area contributed by atoms with Crippen molar-refractivity contribution >= 4 is 49.9 Å². The van der Waals surface area contributed by atoms with Crippen molar-refractivity contribution in [2.24, 2.45) is 0 Å². The van der Waals surface area contributed by atoms with Crippen LogP contribution in [0.1, 0.15) is 35.3 Å². The minimum atomic E-state index is -0.531. The van der Waals surface area contributed by atoms with Crippen LogP contribution >= 0.6 is 22.9 Å². The van der Waals surface area contributed by atoms with Crippen LogP contribution in [0.5, 0.6) is 0 Å². The zero-order valence-corrected chi connectivity index (χ0v) is 19.6. The van der Waals surface area contributed by atoms with Gasteiger partial charge in [-0.05, 0) is 50.2 Å². The molecule has 0 atom stereocenters. The van der Waals surface area contributed by atoms with Crippen molar-refractivity contribution < 1.29 is 9.72 Å². The third-order valence-electron chi connectivity index (χ3n) is 5.47. The highest BCUT2D eigenvalue weighted by Crippen LogP contribution is 2.33. The number of likely N-dealkylation sites (N-methyl/N-ethyl adjacent to an activating group) is 1. The van der Waals surface area contributed by atoms with E-state index in [1.165, 1.54) is 29.5 Å². The third-order valence-corrected chi connectivity index (χ3v) is 6.85. The second-order valence-electron chi connectivity index (χ2n) is 7.26. The number of benzene rings is 2. The predicted octanol–water partition coefficient (Wildman–Crippen LogP) is 5.46. The number of carbonyl (C=O) groups is 1. The number of non-ortho nitro benzene ring substituents is 1. The van der Waals surface area contributed by atoms with Gasteiger partial charge in [0, 0.05) is 25.2 Å². The molecule has 0 N–H and O–H groups in total. The molecule has 0 spiro atoms. The molecule has 9 heteroatoms. The first-order valence-electron chi connectivity index (χ1n) is 10.1. The normalized spacial score (nSPS) is 11.3. The fraction of sp³-hybridized carbons (Fsp3) is 0.364. The molecule has 0 aliphatic rings. The molecular weight excluding hydrogens is 436 g/mol. The summed E-state index contributed by atoms with van der Waals surface area (Å²) in [5.41, 5.74) is 3.00. The number of nitro benzene ring substituents is 1. The first-order valence-corrected chi connectivity index (χ1v) is 11.3. The van der Waals surface area contributed by atoms with E-state index in [0.29, 0.717) is 18.2 Å². The average Bonchev–Trinajstić information content (AvgIpc) is 3.18. The Kier molecular flexibility index (Phi) is 7.25. The molecular formula is C22H25ClN4O3S. The van der Waals surface area contributed by atoms with Gasteiger partial charge in [-0.1, -0.05) is 42.9 Å². The van der Waals surface area contributed by atoms with E-state index in [1.807, 2.05) is 26.0 Å². The Morgan fingerprint density at radius 2 is 1.87 bits per heavy atom. The first-order chi connectivity index (χ1) is 14.8. The fourth-order valence-corrected chi connectivity index (χ4v) is 4.58. The highest BCUT2D eigenvalue weighted by Gasteiger charge is 2.26. The maximum atomic E-state index is 13.5. The fourth-order valence-electron chi connectivity index (χ4n) is 3.33. The highest BCUT2D eigenvalue weighted by atomic mass is 35.5. The molecule has 0 aliphatic carbocycles. The van der Waals surface area contributed by atoms with Crippen molar-refractivity contribution in [2.45, 2.75) is 27.7 Å². The van der Waals surface area contributed by atoms with Crippen molar-refractivity contribution in [3.63, 3.8) is 0 Å². The standard InChI is InChI=1S/C22H25ClN4O3S/c1-5-25(6-2)11-12-26(21(28)17-13-16(27(29)30)8-9-18(17)23)22-24-20-15(4)14(3)7-10-19(20)31-22/h7-10,13H,5-6,11-12H2,1-4H3. The molecule has 0 saturated carbocycles. The summed E-state index contributed by atoms with van der Waals surface area (Å²) in [5.74, 6) is -0.394. The maximum Gasteiger partial charge on any atom is 0.270 e. The number of carbonyl (C=O) groups excluding carboxylic acids is 1. The van der Waals surface area contributed by atoms with E-state index < -0.39 is 10.8 Å². The zero-order chi connectivity index (χ0) is 22.7. The molecule has 1 aromatic heterocycles. The minimum Gasteiger partial charge on any atom is -0.302 e. The van der Waals surface area contributed by atoms with Crippen LogP contribution in [0, 0.1) is 24.0 Å². The molecule has 0 radical (unpaired) electrons. The number of thiazole rings is 1. The number of aromatic nitrogens is 1. The molecule has 0 saturated heterocycles. The van der Waals surface area contributed by atoms with Crippen LogP contribution in [0.25, 0.3) is 10.2 Å². The molecule has 7 nitrogen and oxygen atoms in total. The molecule has 0 unspecified atom stereocenters. The second-order valence-corrected chi connectivity index (χ2v) is 8.67. The lowest BCUT2D eigenvalue weighted by Gasteiger charge is -2.25. The average molecular weight is 461 g/mol. The Bertz CT molecular complexity index is 1130. The molecule has 0 fully saturated rings. The quantitative estimate of drug-likeness (QED) is 0.329. The molecule has 1 amide bonds. The first kappa shape index (κ1) is 23.1. The molecule has 0 bridgehead atoms. The molecule has 2 aromatic carbocycles. The van der Waals surface area contributed by atoms with E-state index in [9.17, 15) is 14.9 Å². The number of rotatable bonds is 8. The predicted molar refractivity (Wildman–Crippen MR) is 127 cm³/mol. The van der Waals surface area contributed by atoms with E-state index in [1.54, 1.807) is 4.90 Å². The Hall–Kier alpha value is -2.55. The van der Waals surface area contributed by atoms with E-state index >= 15 is 0 Å². The number of hydrogen-bond acceptors (Lipinski definition) is 6. The summed E-state index contributed by atoms with van der Waals surface area (Å²) in [5, 5.41) is 12.0. The van der Waals surface area contributed by atoms with Crippen LogP contribution in [-0.2, 0) is 0 Å². The van der Waals surface area contributed by atoms with Gasteiger partial charge in [-0.2, -0.15) is 0 Å². The zero-order valence-electron chi connectivity index (χ0n) is 18.0. The minimum absolute atomic E-state index is 0.0996. The summed E-state index contributed by atoms with van der Waals surface area (Å²) < 4.78 is 0.990. The van der Waals surface area contributed by atoms with Gasteiger partial charge in [0.2, 0.25) is 0 Å². The Balaban J connectivity index is 2.06. The lowest BCUT2D eigenvalue weighted by Crippen LogP contribution is -2.39. The van der Waals surface area contributed by atoms with Crippen LogP contribution in [0.2, 0.25) is 5.02 Å². The monoisotopic (exact) mass is 460 g/mol. The van der Waals surface area contributed by atoms with Crippen LogP contribution in [0.4, 0.5) is 10.8 Å². The lowest BCUT2D eigenvalue weighted by atomic mass is 10.1. The summed E-state index contributed by atoms with van der Waals surface area (Å²) in [4.78, 5) is 32.8. The van der Waals surface area contributed by atoms with Gasteiger partial charge in [-0.25, -0.2) is 4.98 Å². The van der Waals surface area contributed by atoms with E-state index in [0.717, 1.165) is 34.4 Å². The molecule has 3 aromatic rings. The van der Waals surface area contributed by atoms with Gasteiger partial charge < -0.3 is 4.90 Å². The molecule has 1 heterocycles. The number of nitro groups is 1. The number of nitrogens with zero attached hydrogens (tertiary/aromatic N) is 4. The Morgan fingerprint density at radius 3 is 2.52 bits per heavy atom. The number of fused-ring (bicyclic) bond motifs is 1. The van der Waals surface area contributed by atoms with Crippen LogP contribution in [-0.4, -0.2) is 46.9 Å². The van der Waals surface area contributed by atoms with Gasteiger partial charge in [0.15, 0.2) is 5.13 Å². The van der Waals surface area contributed by atoms with Gasteiger partial charge >= 0.3 is 0 Å². The second kappa shape index (κ2) is 9.72. The summed E-state index contributed by atoms with van der Waals surface area (Å²) in [6, 6.07) is 7.97. The van der Waals surface area contributed by atoms with Gasteiger partial charge in [-0.15, -0.1) is 0 Å². The number of halogens is 1. The van der Waals surface area contributed by atoms with Crippen molar-refractivity contribution in [1.29, 1.82) is 0 Å². The van der Waals surface area contributed by atoms with Gasteiger partial charge in [0.25, 0.3) is 11.6 Å². The Morgan fingerprint density at radius 1 is 1.16 bits per heavy atom. The van der Waals surface area contributed by atoms with E-state index in [4.69, 9.17) is 16.6 Å². The largest absolute Gasteiger partial charge is 0.302 e. The van der Waals surface area contributed by atoms with Crippen LogP contribution in [0.3, 0.4) is 0 Å². The van der Waals surface area contributed by atoms with Gasteiger partial charge in [0.1, 0.15) is 0 Å². The third kappa shape index (κ3) is 4.87. The van der Waals surface area contributed by atoms with E-state index in [2.05, 4.69) is 18.7 Å². The number of aryl methyl sites for hydroxylation is 2. The van der Waals surface area contributed by atoms with Crippen molar-refractivity contribution in [3.8, 4) is 0 Å². The van der Waals surface area contributed by atoms with Crippen molar-refractivity contribution in [3.05, 3.63) is 62.2 Å². The maximum absolute atomic E-state index is 13.5. The smallest absolute Gasteiger partial charge is 0.270 e. The number of anilines is 1. The van der Waals surface area contributed by atoms with Crippen molar-refractivity contribution in [1.82, 2.24) is 9.88 Å². The van der Waals surface area contributed by atoms with Crippen LogP contribution in [0.15, 0.2) is 30.3 Å². The number of amides is 1. The molecule has 31 heavy (non-hydrogen) atoms. The van der Waals surface area contributed by atoms with Crippen molar-refractivity contribution in [2.75, 3.05) is 31.1 Å². The summed E-state index contributed by atoms with van der Waals surface area (Å²) in [7, 11) is 0. The molecule has 0 aliphatic heterocycles. The highest BCUT2D eigenvalue weighted by molar-refractivity contribution is 7.22. The van der Waals surface area contributed by atoms with Gasteiger partial charge in [0.05, 0.1) is 25.7 Å². The summed E-state index contributed by atoms with van der Waals surface area (Å²) in [6.45, 7) is 10.9. The van der Waals surface area contributed by atoms with Crippen LogP contribution < -0.4 is 4.90 Å².